The van der Waals surface area contributed by atoms with Gasteiger partial charge in [-0.05, 0) is 19.8 Å². The summed E-state index contributed by atoms with van der Waals surface area (Å²) in [5, 5.41) is 12.1. The molecule has 5 nitrogen and oxygen atoms in total. The second-order valence-corrected chi connectivity index (χ2v) is 6.35. The van der Waals surface area contributed by atoms with Gasteiger partial charge in [-0.3, -0.25) is 4.79 Å². The Bertz CT molecular complexity index is 353. The van der Waals surface area contributed by atoms with Crippen molar-refractivity contribution in [3.05, 3.63) is 0 Å². The van der Waals surface area contributed by atoms with Crippen LogP contribution in [0.2, 0.25) is 0 Å². The summed E-state index contributed by atoms with van der Waals surface area (Å²) in [4.78, 5) is 14.7. The molecule has 6 heteroatoms. The van der Waals surface area contributed by atoms with Crippen LogP contribution in [0.15, 0.2) is 5.16 Å². The third-order valence-corrected chi connectivity index (χ3v) is 5.28. The highest BCUT2D eigenvalue weighted by Crippen LogP contribution is 2.41. The van der Waals surface area contributed by atoms with Crippen LogP contribution in [-0.2, 0) is 4.79 Å². The van der Waals surface area contributed by atoms with E-state index in [0.717, 1.165) is 30.9 Å². The van der Waals surface area contributed by atoms with Gasteiger partial charge >= 0.3 is 0 Å². The van der Waals surface area contributed by atoms with Gasteiger partial charge in [0.25, 0.3) is 0 Å². The molecule has 18 heavy (non-hydrogen) atoms. The van der Waals surface area contributed by atoms with Gasteiger partial charge in [-0.2, -0.15) is 11.8 Å². The monoisotopic (exact) mass is 271 g/mol. The number of thioether (sulfide) groups is 1. The predicted octanol–water partition coefficient (Wildman–Crippen LogP) is 1.26. The lowest BCUT2D eigenvalue weighted by atomic mass is 9.83. The number of amidine groups is 1. The maximum atomic E-state index is 12.8. The molecule has 1 aliphatic heterocycles. The van der Waals surface area contributed by atoms with Crippen LogP contribution in [0.5, 0.6) is 0 Å². The number of oxime groups is 1. The fourth-order valence-electron chi connectivity index (χ4n) is 2.96. The molecule has 0 aromatic carbocycles. The molecule has 1 amide bonds. The minimum absolute atomic E-state index is 0.0584. The maximum absolute atomic E-state index is 12.8. The highest BCUT2D eigenvalue weighted by Gasteiger charge is 2.48. The maximum Gasteiger partial charge on any atom is 0.236 e. The average molecular weight is 271 g/mol. The summed E-state index contributed by atoms with van der Waals surface area (Å²) < 4.78 is 0. The van der Waals surface area contributed by atoms with Gasteiger partial charge in [-0.15, -0.1) is 0 Å². The number of hydrogen-bond acceptors (Lipinski definition) is 4. The number of nitrogens with zero attached hydrogens (tertiary/aromatic N) is 2. The summed E-state index contributed by atoms with van der Waals surface area (Å²) in [6.45, 7) is 2.84. The molecule has 2 fully saturated rings. The minimum Gasteiger partial charge on any atom is -0.409 e. The predicted molar refractivity (Wildman–Crippen MR) is 72.8 cm³/mol. The third-order valence-electron chi connectivity index (χ3n) is 4.09. The number of hydrogen-bond donors (Lipinski definition) is 2. The number of nitrogens with two attached hydrogens (primary N) is 1. The second-order valence-electron chi connectivity index (χ2n) is 5.20. The van der Waals surface area contributed by atoms with Gasteiger partial charge in [0, 0.05) is 24.1 Å². The topological polar surface area (TPSA) is 78.9 Å². The van der Waals surface area contributed by atoms with Crippen molar-refractivity contribution in [2.24, 2.45) is 16.3 Å². The number of amides is 1. The third kappa shape index (κ3) is 2.18. The van der Waals surface area contributed by atoms with Crippen molar-refractivity contribution < 1.29 is 10.0 Å². The summed E-state index contributed by atoms with van der Waals surface area (Å²) >= 11 is 1.88. The molecule has 0 bridgehead atoms. The molecule has 1 unspecified atom stereocenters. The van der Waals surface area contributed by atoms with Crippen LogP contribution in [-0.4, -0.2) is 45.9 Å². The zero-order valence-electron chi connectivity index (χ0n) is 10.8. The molecular formula is C12H21N3O2S. The van der Waals surface area contributed by atoms with Gasteiger partial charge in [0.1, 0.15) is 5.41 Å². The van der Waals surface area contributed by atoms with Crippen LogP contribution in [0.1, 0.15) is 32.6 Å². The highest BCUT2D eigenvalue weighted by atomic mass is 32.2. The summed E-state index contributed by atoms with van der Waals surface area (Å²) in [5.74, 6) is 2.10. The second kappa shape index (κ2) is 5.38. The molecule has 2 aliphatic rings. The smallest absolute Gasteiger partial charge is 0.236 e. The van der Waals surface area contributed by atoms with Gasteiger partial charge in [0.05, 0.1) is 0 Å². The Kier molecular flexibility index (Phi) is 4.04. The molecule has 0 spiro atoms. The van der Waals surface area contributed by atoms with E-state index < -0.39 is 5.41 Å². The molecule has 1 saturated heterocycles. The zero-order chi connectivity index (χ0) is 13.2. The van der Waals surface area contributed by atoms with Crippen LogP contribution < -0.4 is 5.73 Å². The lowest BCUT2D eigenvalue weighted by Crippen LogP contribution is -2.55. The Morgan fingerprint density at radius 2 is 2.17 bits per heavy atom. The van der Waals surface area contributed by atoms with Crippen molar-refractivity contribution in [2.45, 2.75) is 38.6 Å². The van der Waals surface area contributed by atoms with Crippen LogP contribution in [0.3, 0.4) is 0 Å². The molecule has 102 valence electrons. The van der Waals surface area contributed by atoms with E-state index in [4.69, 9.17) is 10.9 Å². The Morgan fingerprint density at radius 3 is 2.72 bits per heavy atom. The van der Waals surface area contributed by atoms with Crippen molar-refractivity contribution in [2.75, 3.05) is 18.1 Å². The fourth-order valence-corrected chi connectivity index (χ4v) is 3.97. The van der Waals surface area contributed by atoms with Gasteiger partial charge in [-0.25, -0.2) is 0 Å². The molecule has 1 atom stereocenters. The molecule has 1 saturated carbocycles. The molecule has 1 aliphatic carbocycles. The summed E-state index contributed by atoms with van der Waals surface area (Å²) in [6.07, 6.45) is 3.36. The molecular weight excluding hydrogens is 250 g/mol. The molecule has 2 rings (SSSR count). The number of carbonyl (C=O) groups is 1. The number of carbonyl (C=O) groups excluding carboxylic acids is 1. The van der Waals surface area contributed by atoms with Crippen LogP contribution in [0, 0.1) is 5.41 Å². The van der Waals surface area contributed by atoms with E-state index in [1.54, 1.807) is 0 Å². The molecule has 0 aromatic rings. The Balaban J connectivity index is 2.23. The van der Waals surface area contributed by atoms with E-state index in [-0.39, 0.29) is 17.8 Å². The van der Waals surface area contributed by atoms with E-state index in [2.05, 4.69) is 12.1 Å². The minimum atomic E-state index is -0.745. The first-order valence-electron chi connectivity index (χ1n) is 6.48. The first-order chi connectivity index (χ1) is 8.62. The highest BCUT2D eigenvalue weighted by molar-refractivity contribution is 7.99. The van der Waals surface area contributed by atoms with Gasteiger partial charge in [0.15, 0.2) is 5.84 Å². The van der Waals surface area contributed by atoms with Crippen LogP contribution in [0.4, 0.5) is 0 Å². The quantitative estimate of drug-likeness (QED) is 0.343. The van der Waals surface area contributed by atoms with E-state index in [9.17, 15) is 4.79 Å². The van der Waals surface area contributed by atoms with Gasteiger partial charge in [0.2, 0.25) is 5.91 Å². The summed E-state index contributed by atoms with van der Waals surface area (Å²) in [6, 6.07) is 0.236. The van der Waals surface area contributed by atoms with E-state index >= 15 is 0 Å². The standard InChI is InChI=1S/C12H21N3O2S/c1-9-8-18-7-6-15(9)11(16)12(10(13)14-17)4-2-3-5-12/h9,17H,2-8H2,1H3,(H2,13,14). The molecule has 1 heterocycles. The van der Waals surface area contributed by atoms with E-state index in [1.807, 2.05) is 16.7 Å². The van der Waals surface area contributed by atoms with E-state index in [1.165, 1.54) is 0 Å². The molecule has 3 N–H and O–H groups in total. The van der Waals surface area contributed by atoms with Crippen molar-refractivity contribution in [3.63, 3.8) is 0 Å². The van der Waals surface area contributed by atoms with Crippen LogP contribution in [0.25, 0.3) is 0 Å². The molecule has 0 radical (unpaired) electrons. The summed E-state index contributed by atoms with van der Waals surface area (Å²) in [5.41, 5.74) is 5.07. The van der Waals surface area contributed by atoms with Crippen molar-refractivity contribution >= 4 is 23.5 Å². The van der Waals surface area contributed by atoms with Crippen LogP contribution >= 0.6 is 11.8 Å². The van der Waals surface area contributed by atoms with Gasteiger partial charge in [-0.1, -0.05) is 18.0 Å². The molecule has 0 aromatic heterocycles. The largest absolute Gasteiger partial charge is 0.409 e. The van der Waals surface area contributed by atoms with Crippen molar-refractivity contribution in [1.29, 1.82) is 0 Å². The Morgan fingerprint density at radius 1 is 1.50 bits per heavy atom. The fraction of sp³-hybridized carbons (Fsp3) is 0.833. The summed E-state index contributed by atoms with van der Waals surface area (Å²) in [7, 11) is 0. The van der Waals surface area contributed by atoms with E-state index in [0.29, 0.717) is 12.8 Å². The first-order valence-corrected chi connectivity index (χ1v) is 7.64. The normalized spacial score (nSPS) is 28.4. The Labute approximate surface area is 112 Å². The Hall–Kier alpha value is -0.910. The zero-order valence-corrected chi connectivity index (χ0v) is 11.6. The van der Waals surface area contributed by atoms with Crippen molar-refractivity contribution in [1.82, 2.24) is 4.90 Å². The lowest BCUT2D eigenvalue weighted by Gasteiger charge is -2.39. The first kappa shape index (κ1) is 13.5. The SMILES string of the molecule is CC1CSCCN1C(=O)C1(C(N)=NO)CCCC1. The number of rotatable bonds is 2. The van der Waals surface area contributed by atoms with Gasteiger partial charge < -0.3 is 15.8 Å². The van der Waals surface area contributed by atoms with Crippen molar-refractivity contribution in [3.8, 4) is 0 Å². The lowest BCUT2D eigenvalue weighted by molar-refractivity contribution is -0.139. The average Bonchev–Trinajstić information content (AvgIpc) is 2.88.